The maximum atomic E-state index is 14.0. The fraction of sp³-hybridized carbons (Fsp3) is 0.448. The summed E-state index contributed by atoms with van der Waals surface area (Å²) in [5, 5.41) is 4.33. The molecule has 1 aliphatic heterocycles. The first-order valence-corrected chi connectivity index (χ1v) is 12.8. The van der Waals surface area contributed by atoms with Crippen LogP contribution in [0.25, 0.3) is 22.2 Å². The molecule has 1 saturated carbocycles. The lowest BCUT2D eigenvalue weighted by molar-refractivity contribution is 0.0341. The Morgan fingerprint density at radius 1 is 1.03 bits per heavy atom. The summed E-state index contributed by atoms with van der Waals surface area (Å²) in [5.41, 5.74) is 4.61. The number of carbonyl (C=O) groups excluding carboxylic acids is 1. The van der Waals surface area contributed by atoms with Crippen LogP contribution >= 0.6 is 0 Å². The quantitative estimate of drug-likeness (QED) is 0.536. The monoisotopic (exact) mass is 457 g/mol. The first-order chi connectivity index (χ1) is 16.7. The van der Waals surface area contributed by atoms with Gasteiger partial charge >= 0.3 is 0 Å². The number of carbonyl (C=O) groups is 1. The van der Waals surface area contributed by atoms with E-state index >= 15 is 0 Å². The molecule has 0 radical (unpaired) electrons. The molecule has 1 aromatic heterocycles. The van der Waals surface area contributed by atoms with E-state index < -0.39 is 0 Å². The lowest BCUT2D eigenvalue weighted by Crippen LogP contribution is -2.40. The fourth-order valence-corrected chi connectivity index (χ4v) is 5.51. The molecule has 0 bridgehead atoms. The summed E-state index contributed by atoms with van der Waals surface area (Å²) >= 11 is 0. The van der Waals surface area contributed by atoms with Crippen molar-refractivity contribution in [1.29, 1.82) is 0 Å². The molecule has 1 aliphatic carbocycles. The minimum absolute atomic E-state index is 0.0251. The van der Waals surface area contributed by atoms with Crippen LogP contribution in [0, 0.1) is 5.92 Å². The summed E-state index contributed by atoms with van der Waals surface area (Å²) < 4.78 is 5.58. The molecule has 2 heterocycles. The van der Waals surface area contributed by atoms with Crippen molar-refractivity contribution in [3.63, 3.8) is 0 Å². The van der Waals surface area contributed by atoms with Gasteiger partial charge < -0.3 is 10.1 Å². The zero-order valence-corrected chi connectivity index (χ0v) is 20.1. The number of pyridine rings is 1. The highest BCUT2D eigenvalue weighted by Crippen LogP contribution is 2.32. The Labute approximate surface area is 202 Å². The number of nitrogens with one attached hydrogen (secondary N) is 1. The molecule has 1 N–H and O–H groups in total. The number of amides is 1. The number of morpholine rings is 1. The second-order valence-corrected chi connectivity index (χ2v) is 9.75. The van der Waals surface area contributed by atoms with Crippen LogP contribution in [0.2, 0.25) is 0 Å². The van der Waals surface area contributed by atoms with Gasteiger partial charge in [0.25, 0.3) is 5.91 Å². The topological polar surface area (TPSA) is 54.5 Å². The van der Waals surface area contributed by atoms with Gasteiger partial charge in [0.15, 0.2) is 0 Å². The van der Waals surface area contributed by atoms with Gasteiger partial charge in [0, 0.05) is 42.2 Å². The van der Waals surface area contributed by atoms with Crippen LogP contribution in [0.5, 0.6) is 0 Å². The number of hydrogen-bond donors (Lipinski definition) is 1. The largest absolute Gasteiger partial charge is 0.379 e. The summed E-state index contributed by atoms with van der Waals surface area (Å²) in [7, 11) is 0. The van der Waals surface area contributed by atoms with Crippen molar-refractivity contribution in [1.82, 2.24) is 15.2 Å². The number of aromatic nitrogens is 1. The van der Waals surface area contributed by atoms with E-state index in [1.165, 1.54) is 32.1 Å². The lowest BCUT2D eigenvalue weighted by atomic mass is 9.84. The average molecular weight is 458 g/mol. The van der Waals surface area contributed by atoms with Gasteiger partial charge in [-0.15, -0.1) is 0 Å². The molecule has 2 aliphatic rings. The molecule has 5 nitrogen and oxygen atoms in total. The summed E-state index contributed by atoms with van der Waals surface area (Å²) in [5.74, 6) is 0.583. The van der Waals surface area contributed by atoms with E-state index in [2.05, 4.69) is 29.3 Å². The maximum absolute atomic E-state index is 14.0. The first kappa shape index (κ1) is 23.0. The van der Waals surface area contributed by atoms with Crippen LogP contribution in [0.1, 0.15) is 54.9 Å². The molecule has 1 saturated heterocycles. The zero-order chi connectivity index (χ0) is 23.3. The third-order valence-corrected chi connectivity index (χ3v) is 7.47. The molecule has 1 atom stereocenters. The molecule has 0 spiro atoms. The predicted molar refractivity (Wildman–Crippen MR) is 137 cm³/mol. The second-order valence-electron chi connectivity index (χ2n) is 9.75. The van der Waals surface area contributed by atoms with E-state index in [1.54, 1.807) is 0 Å². The molecule has 3 aromatic rings. The summed E-state index contributed by atoms with van der Waals surface area (Å²) in [6, 6.07) is 18.5. The van der Waals surface area contributed by atoms with Gasteiger partial charge in [-0.3, -0.25) is 9.69 Å². The fourth-order valence-electron chi connectivity index (χ4n) is 5.51. The summed E-state index contributed by atoms with van der Waals surface area (Å²) in [6.07, 6.45) is 6.26. The molecule has 0 unspecified atom stereocenters. The maximum Gasteiger partial charge on any atom is 0.252 e. The van der Waals surface area contributed by atoms with E-state index in [1.807, 2.05) is 42.5 Å². The van der Waals surface area contributed by atoms with Crippen molar-refractivity contribution in [2.24, 2.45) is 5.92 Å². The van der Waals surface area contributed by atoms with Gasteiger partial charge in [0.1, 0.15) is 0 Å². The predicted octanol–water partition coefficient (Wildman–Crippen LogP) is 5.43. The Bertz CT molecular complexity index is 1120. The molecule has 5 rings (SSSR count). The number of ether oxygens (including phenoxy) is 1. The van der Waals surface area contributed by atoms with Crippen molar-refractivity contribution in [3.8, 4) is 11.3 Å². The third-order valence-electron chi connectivity index (χ3n) is 7.47. The minimum atomic E-state index is 0.0251. The standard InChI is InChI=1S/C29H35N3O2/c1-21(22-10-4-2-5-11-22)30-29(33)27-24-14-8-9-15-26(24)31-28(23-12-6-3-7-13-23)25(27)20-32-16-18-34-19-17-32/h3,6-9,12-15,21-22H,2,4-5,10-11,16-20H2,1H3,(H,30,33)/t21-/m0/s1. The van der Waals surface area contributed by atoms with Gasteiger partial charge in [-0.25, -0.2) is 4.98 Å². The second kappa shape index (κ2) is 10.7. The van der Waals surface area contributed by atoms with E-state index in [-0.39, 0.29) is 11.9 Å². The first-order valence-electron chi connectivity index (χ1n) is 12.8. The average Bonchev–Trinajstić information content (AvgIpc) is 2.89. The van der Waals surface area contributed by atoms with Crippen molar-refractivity contribution in [2.45, 2.75) is 51.6 Å². The van der Waals surface area contributed by atoms with Crippen molar-refractivity contribution in [3.05, 3.63) is 65.7 Å². The van der Waals surface area contributed by atoms with Gasteiger partial charge in [0.2, 0.25) is 0 Å². The van der Waals surface area contributed by atoms with Crippen LogP contribution in [0.15, 0.2) is 54.6 Å². The molecular weight excluding hydrogens is 422 g/mol. The highest BCUT2D eigenvalue weighted by molar-refractivity contribution is 6.09. The summed E-state index contributed by atoms with van der Waals surface area (Å²) in [6.45, 7) is 6.04. The lowest BCUT2D eigenvalue weighted by Gasteiger charge is -2.30. The van der Waals surface area contributed by atoms with Gasteiger partial charge in [-0.2, -0.15) is 0 Å². The molecule has 34 heavy (non-hydrogen) atoms. The number of fused-ring (bicyclic) bond motifs is 1. The van der Waals surface area contributed by atoms with Crippen LogP contribution in [0.3, 0.4) is 0 Å². The third kappa shape index (κ3) is 5.01. The van der Waals surface area contributed by atoms with Crippen LogP contribution in [-0.2, 0) is 11.3 Å². The number of rotatable bonds is 6. The number of nitrogens with zero attached hydrogens (tertiary/aromatic N) is 2. The van der Waals surface area contributed by atoms with Gasteiger partial charge in [0.05, 0.1) is 30.0 Å². The van der Waals surface area contributed by atoms with E-state index in [4.69, 9.17) is 9.72 Å². The molecule has 1 amide bonds. The van der Waals surface area contributed by atoms with E-state index in [0.29, 0.717) is 12.5 Å². The Morgan fingerprint density at radius 2 is 1.74 bits per heavy atom. The highest BCUT2D eigenvalue weighted by Gasteiger charge is 2.27. The molecule has 2 fully saturated rings. The van der Waals surface area contributed by atoms with Gasteiger partial charge in [-0.1, -0.05) is 67.8 Å². The Kier molecular flexibility index (Phi) is 7.21. The number of hydrogen-bond acceptors (Lipinski definition) is 4. The van der Waals surface area contributed by atoms with E-state index in [0.717, 1.165) is 59.6 Å². The Hall–Kier alpha value is -2.76. The van der Waals surface area contributed by atoms with Crippen LogP contribution in [0.4, 0.5) is 0 Å². The Balaban J connectivity index is 1.60. The normalized spacial score (nSPS) is 18.6. The molecule has 2 aromatic carbocycles. The van der Waals surface area contributed by atoms with Crippen molar-refractivity contribution in [2.75, 3.05) is 26.3 Å². The SMILES string of the molecule is C[C@H](NC(=O)c1c(CN2CCOCC2)c(-c2ccccc2)nc2ccccc12)C1CCCCC1. The number of para-hydroxylation sites is 1. The minimum Gasteiger partial charge on any atom is -0.379 e. The van der Waals surface area contributed by atoms with Crippen LogP contribution < -0.4 is 5.32 Å². The van der Waals surface area contributed by atoms with Crippen molar-refractivity contribution < 1.29 is 9.53 Å². The summed E-state index contributed by atoms with van der Waals surface area (Å²) in [4.78, 5) is 21.4. The van der Waals surface area contributed by atoms with Crippen LogP contribution in [-0.4, -0.2) is 48.1 Å². The Morgan fingerprint density at radius 3 is 2.50 bits per heavy atom. The highest BCUT2D eigenvalue weighted by atomic mass is 16.5. The smallest absolute Gasteiger partial charge is 0.252 e. The van der Waals surface area contributed by atoms with E-state index in [9.17, 15) is 4.79 Å². The molecule has 5 heteroatoms. The van der Waals surface area contributed by atoms with Crippen molar-refractivity contribution >= 4 is 16.8 Å². The van der Waals surface area contributed by atoms with Gasteiger partial charge in [-0.05, 0) is 31.7 Å². The molecule has 178 valence electrons. The number of benzene rings is 2. The zero-order valence-electron chi connectivity index (χ0n) is 20.1. The molecular formula is C29H35N3O2.